The number of benzene rings is 2. The number of pyridine rings is 1. The van der Waals surface area contributed by atoms with Crippen molar-refractivity contribution in [3.05, 3.63) is 65.4 Å². The van der Waals surface area contributed by atoms with Crippen LogP contribution in [-0.2, 0) is 19.0 Å². The third-order valence-electron chi connectivity index (χ3n) is 6.81. The average Bonchev–Trinajstić information content (AvgIpc) is 3.27. The lowest BCUT2D eigenvalue weighted by molar-refractivity contribution is -0.661. The second-order valence-corrected chi connectivity index (χ2v) is 10.7. The first kappa shape index (κ1) is 17.4. The summed E-state index contributed by atoms with van der Waals surface area (Å²) in [5.41, 5.74) is 8.49. The van der Waals surface area contributed by atoms with Crippen LogP contribution in [0.25, 0.3) is 39.1 Å². The van der Waals surface area contributed by atoms with Gasteiger partial charge in [0.2, 0.25) is 11.5 Å². The van der Waals surface area contributed by atoms with Crippen LogP contribution in [0.4, 0.5) is 0 Å². The molecule has 0 saturated carbocycles. The van der Waals surface area contributed by atoms with Gasteiger partial charge >= 0.3 is 0 Å². The van der Waals surface area contributed by atoms with Crippen LogP contribution >= 0.6 is 0 Å². The molecule has 5 aromatic rings. The third-order valence-corrected chi connectivity index (χ3v) is 6.81. The van der Waals surface area contributed by atoms with E-state index in [4.69, 9.17) is 4.98 Å². The molecule has 0 amide bonds. The predicted molar refractivity (Wildman–Crippen MR) is 131 cm³/mol. The molecule has 0 aliphatic carbocycles. The minimum absolute atomic E-state index is 0.520. The van der Waals surface area contributed by atoms with Gasteiger partial charge in [-0.05, 0) is 61.9 Å². The van der Waals surface area contributed by atoms with E-state index < -0.39 is 17.3 Å². The van der Waals surface area contributed by atoms with Gasteiger partial charge in [0.15, 0.2) is 6.20 Å². The summed E-state index contributed by atoms with van der Waals surface area (Å²) < 4.78 is 25.2. The monoisotopic (exact) mass is 425 g/mol. The molecule has 6 rings (SSSR count). The molecule has 4 heteroatoms. The summed E-state index contributed by atoms with van der Waals surface area (Å²) in [5, 5.41) is 0. The molecule has 4 heterocycles. The molecule has 0 spiro atoms. The van der Waals surface area contributed by atoms with Gasteiger partial charge in [-0.1, -0.05) is 39.0 Å². The Kier molecular flexibility index (Phi) is 3.27. The van der Waals surface area contributed by atoms with Crippen molar-refractivity contribution in [2.24, 2.45) is 12.5 Å². The molecule has 32 heavy (non-hydrogen) atoms. The molecular formula is C28H31N4+. The van der Waals surface area contributed by atoms with Crippen molar-refractivity contribution in [3.8, 4) is 11.3 Å². The molecule has 0 saturated heterocycles. The molecule has 0 fully saturated rings. The fourth-order valence-electron chi connectivity index (χ4n) is 5.61. The lowest BCUT2D eigenvalue weighted by atomic mass is 9.77. The van der Waals surface area contributed by atoms with Gasteiger partial charge in [-0.3, -0.25) is 8.97 Å². The zero-order valence-corrected chi connectivity index (χ0v) is 19.9. The lowest BCUT2D eigenvalue weighted by Crippen LogP contribution is -2.41. The molecule has 3 aromatic heterocycles. The molecule has 0 radical (unpaired) electrons. The highest BCUT2D eigenvalue weighted by Crippen LogP contribution is 2.48. The van der Waals surface area contributed by atoms with Gasteiger partial charge in [-0.25, -0.2) is 9.55 Å². The molecule has 0 unspecified atom stereocenters. The van der Waals surface area contributed by atoms with Crippen LogP contribution in [-0.4, -0.2) is 14.0 Å². The number of fused-ring (bicyclic) bond motifs is 7. The van der Waals surface area contributed by atoms with Gasteiger partial charge in [-0.15, -0.1) is 0 Å². The van der Waals surface area contributed by atoms with Gasteiger partial charge in [-0.2, -0.15) is 0 Å². The third kappa shape index (κ3) is 2.38. The maximum absolute atomic E-state index is 9.23. The van der Waals surface area contributed by atoms with Crippen LogP contribution in [0.1, 0.15) is 54.1 Å². The van der Waals surface area contributed by atoms with Crippen LogP contribution in [0.2, 0.25) is 0 Å². The second kappa shape index (κ2) is 6.00. The normalized spacial score (nSPS) is 16.5. The predicted octanol–water partition coefficient (Wildman–Crippen LogP) is 5.93. The Hall–Kier alpha value is -3.14. The minimum atomic E-state index is -1.52. The summed E-state index contributed by atoms with van der Waals surface area (Å²) in [6.45, 7) is 12.5. The van der Waals surface area contributed by atoms with Crippen LogP contribution in [0.5, 0.6) is 0 Å². The SMILES string of the molecule is [2H]C([2H])(c1cc[n+](C)c2c1C(C)(C)n1c3c-2c(C)ccc3n2c3ccccc3nc12)C(C)(C)C. The fraction of sp³-hybridized carbons (Fsp3) is 0.357. The Balaban J connectivity index is 1.88. The molecule has 0 N–H and O–H groups in total. The van der Waals surface area contributed by atoms with E-state index in [9.17, 15) is 2.74 Å². The van der Waals surface area contributed by atoms with Crippen LogP contribution < -0.4 is 4.57 Å². The summed E-state index contributed by atoms with van der Waals surface area (Å²) in [6.07, 6.45) is 0.497. The molecule has 162 valence electrons. The summed E-state index contributed by atoms with van der Waals surface area (Å²) >= 11 is 0. The Morgan fingerprint density at radius 1 is 1.06 bits per heavy atom. The van der Waals surface area contributed by atoms with Crippen LogP contribution in [0.15, 0.2) is 48.7 Å². The minimum Gasteiger partial charge on any atom is -0.299 e. The topological polar surface area (TPSA) is 26.1 Å². The maximum Gasteiger partial charge on any atom is 0.220 e. The quantitative estimate of drug-likeness (QED) is 0.306. The van der Waals surface area contributed by atoms with Gasteiger partial charge in [0.1, 0.15) is 7.05 Å². The highest BCUT2D eigenvalue weighted by molar-refractivity contribution is 6.01. The molecule has 2 aromatic carbocycles. The summed E-state index contributed by atoms with van der Waals surface area (Å²) in [5.74, 6) is 0.896. The average molecular weight is 426 g/mol. The largest absolute Gasteiger partial charge is 0.299 e. The molecule has 0 bridgehead atoms. The Bertz CT molecular complexity index is 1660. The number of rotatable bonds is 1. The molecule has 1 aliphatic rings. The van der Waals surface area contributed by atoms with Crippen molar-refractivity contribution < 1.29 is 7.31 Å². The van der Waals surface area contributed by atoms with Crippen molar-refractivity contribution in [2.45, 2.75) is 53.5 Å². The smallest absolute Gasteiger partial charge is 0.220 e. The van der Waals surface area contributed by atoms with Gasteiger partial charge in [0.25, 0.3) is 0 Å². The number of nitrogens with zero attached hydrogens (tertiary/aromatic N) is 4. The zero-order valence-electron chi connectivity index (χ0n) is 21.9. The zero-order chi connectivity index (χ0) is 24.4. The first-order chi connectivity index (χ1) is 15.9. The maximum atomic E-state index is 9.23. The highest BCUT2D eigenvalue weighted by Gasteiger charge is 2.43. The first-order valence-electron chi connectivity index (χ1n) is 12.3. The Labute approximate surface area is 191 Å². The van der Waals surface area contributed by atoms with Crippen molar-refractivity contribution >= 4 is 27.8 Å². The number of imidazole rings is 2. The van der Waals surface area contributed by atoms with Crippen LogP contribution in [0.3, 0.4) is 0 Å². The van der Waals surface area contributed by atoms with Gasteiger partial charge < -0.3 is 0 Å². The Morgan fingerprint density at radius 3 is 2.56 bits per heavy atom. The molecule has 0 atom stereocenters. The first-order valence-corrected chi connectivity index (χ1v) is 11.3. The second-order valence-electron chi connectivity index (χ2n) is 10.7. The lowest BCUT2D eigenvalue weighted by Gasteiger charge is -2.36. The van der Waals surface area contributed by atoms with E-state index in [0.29, 0.717) is 0 Å². The number of hydrogen-bond donors (Lipinski definition) is 0. The van der Waals surface area contributed by atoms with Crippen molar-refractivity contribution in [1.82, 2.24) is 14.0 Å². The molecular weight excluding hydrogens is 392 g/mol. The Morgan fingerprint density at radius 2 is 1.81 bits per heavy atom. The van der Waals surface area contributed by atoms with E-state index in [0.717, 1.165) is 50.2 Å². The number of para-hydroxylation sites is 2. The fourth-order valence-corrected chi connectivity index (χ4v) is 5.61. The summed E-state index contributed by atoms with van der Waals surface area (Å²) in [7, 11) is 2.07. The van der Waals surface area contributed by atoms with Gasteiger partial charge in [0, 0.05) is 8.81 Å². The summed E-state index contributed by atoms with van der Waals surface area (Å²) in [6, 6.07) is 14.6. The number of aromatic nitrogens is 4. The van der Waals surface area contributed by atoms with E-state index >= 15 is 0 Å². The highest BCUT2D eigenvalue weighted by atomic mass is 15.2. The van der Waals surface area contributed by atoms with E-state index in [-0.39, 0.29) is 0 Å². The standard InChI is InChI=1S/C28H31N4/c1-17-12-13-21-24-22(17)25-23(18(14-15-30(25)7)16-27(2,3)4)28(5,6)32(24)26-29-19-10-8-9-11-20(19)31(21)26/h8-15H,16H2,1-7H3/q+1/i16D2. The van der Waals surface area contributed by atoms with E-state index in [1.165, 1.54) is 5.56 Å². The molecule has 4 nitrogen and oxygen atoms in total. The number of hydrogen-bond acceptors (Lipinski definition) is 1. The van der Waals surface area contributed by atoms with Crippen molar-refractivity contribution in [1.29, 1.82) is 0 Å². The van der Waals surface area contributed by atoms with Crippen molar-refractivity contribution in [3.63, 3.8) is 0 Å². The van der Waals surface area contributed by atoms with Crippen molar-refractivity contribution in [2.75, 3.05) is 0 Å². The van der Waals surface area contributed by atoms with Gasteiger partial charge in [0.05, 0.1) is 38.7 Å². The van der Waals surface area contributed by atoms with E-state index in [1.807, 2.05) is 39.1 Å². The van der Waals surface area contributed by atoms with E-state index in [2.05, 4.69) is 71.7 Å². The van der Waals surface area contributed by atoms with Crippen LogP contribution in [0, 0.1) is 12.3 Å². The van der Waals surface area contributed by atoms with E-state index in [1.54, 1.807) is 0 Å². The number of aryl methyl sites for hydroxylation is 2. The molecule has 1 aliphatic heterocycles. The summed E-state index contributed by atoms with van der Waals surface area (Å²) in [4.78, 5) is 5.08.